The molecule has 2 amide bonds. The number of aryl methyl sites for hydroxylation is 2. The van der Waals surface area contributed by atoms with E-state index >= 15 is 0 Å². The lowest BCUT2D eigenvalue weighted by atomic mass is 10.1. The second-order valence-corrected chi connectivity index (χ2v) is 8.38. The molecule has 2 aromatic carbocycles. The Bertz CT molecular complexity index is 1200. The third-order valence-corrected chi connectivity index (χ3v) is 6.32. The molecule has 4 rings (SSSR count). The van der Waals surface area contributed by atoms with Gasteiger partial charge in [0, 0.05) is 23.1 Å². The number of aromatic nitrogens is 3. The average Bonchev–Trinajstić information content (AvgIpc) is 3.47. The highest BCUT2D eigenvalue weighted by molar-refractivity contribution is 7.99. The Morgan fingerprint density at radius 2 is 2.00 bits per heavy atom. The molecule has 0 saturated carbocycles. The van der Waals surface area contributed by atoms with Crippen molar-refractivity contribution in [2.45, 2.75) is 19.9 Å². The zero-order valence-electron chi connectivity index (χ0n) is 17.4. The van der Waals surface area contributed by atoms with E-state index in [1.54, 1.807) is 0 Å². The van der Waals surface area contributed by atoms with Gasteiger partial charge in [-0.2, -0.15) is 5.10 Å². The molecule has 1 aliphatic rings. The maximum atomic E-state index is 13.2. The molecule has 0 radical (unpaired) electrons. The molecule has 11 heteroatoms. The third-order valence-electron chi connectivity index (χ3n) is 5.30. The summed E-state index contributed by atoms with van der Waals surface area (Å²) in [4.78, 5) is 42.3. The first-order chi connectivity index (χ1) is 15.3. The second kappa shape index (κ2) is 8.79. The maximum absolute atomic E-state index is 13.2. The average molecular weight is 452 g/mol. The monoisotopic (exact) mass is 452 g/mol. The van der Waals surface area contributed by atoms with Gasteiger partial charge >= 0.3 is 0 Å². The molecule has 10 nitrogen and oxygen atoms in total. The lowest BCUT2D eigenvalue weighted by molar-refractivity contribution is -0.384. The van der Waals surface area contributed by atoms with Crippen molar-refractivity contribution in [1.82, 2.24) is 19.7 Å². The van der Waals surface area contributed by atoms with Crippen molar-refractivity contribution >= 4 is 35.0 Å². The van der Waals surface area contributed by atoms with Gasteiger partial charge in [0.2, 0.25) is 5.91 Å². The standard InChI is InChI=1S/C21H20N6O4S/c1-13-3-5-16(7-14(13)2)24-20(28)19-9-32-12-25(19)21(29)15-4-6-17(18(8-15)27(30)31)26-11-22-10-23-26/h3-8,10-11,19H,9,12H2,1-2H3,(H,24,28). The minimum absolute atomic E-state index is 0.132. The number of nitrogens with one attached hydrogen (secondary N) is 1. The fraction of sp³-hybridized carbons (Fsp3) is 0.238. The van der Waals surface area contributed by atoms with E-state index in [1.807, 2.05) is 32.0 Å². The quantitative estimate of drug-likeness (QED) is 0.466. The topological polar surface area (TPSA) is 123 Å². The maximum Gasteiger partial charge on any atom is 0.295 e. The van der Waals surface area contributed by atoms with E-state index in [4.69, 9.17) is 0 Å². The number of hydrogen-bond donors (Lipinski definition) is 1. The Hall–Kier alpha value is -3.73. The summed E-state index contributed by atoms with van der Waals surface area (Å²) in [5, 5.41) is 18.4. The number of amides is 2. The summed E-state index contributed by atoms with van der Waals surface area (Å²) in [6.07, 6.45) is 2.61. The van der Waals surface area contributed by atoms with Crippen molar-refractivity contribution < 1.29 is 14.5 Å². The lowest BCUT2D eigenvalue weighted by Gasteiger charge is -2.23. The molecule has 1 N–H and O–H groups in total. The Balaban J connectivity index is 1.56. The predicted octanol–water partition coefficient (Wildman–Crippen LogP) is 2.95. The number of nitrogens with zero attached hydrogens (tertiary/aromatic N) is 5. The summed E-state index contributed by atoms with van der Waals surface area (Å²) in [7, 11) is 0. The Morgan fingerprint density at radius 3 is 2.69 bits per heavy atom. The molecule has 2 heterocycles. The largest absolute Gasteiger partial charge is 0.324 e. The number of anilines is 1. The van der Waals surface area contributed by atoms with Crippen LogP contribution in [0.3, 0.4) is 0 Å². The van der Waals surface area contributed by atoms with Crippen LogP contribution in [0.4, 0.5) is 11.4 Å². The molecule has 0 aliphatic carbocycles. The number of nitro benzene ring substituents is 1. The van der Waals surface area contributed by atoms with Crippen LogP contribution >= 0.6 is 11.8 Å². The summed E-state index contributed by atoms with van der Waals surface area (Å²) in [6, 6.07) is 9.10. The van der Waals surface area contributed by atoms with Crippen molar-refractivity contribution in [1.29, 1.82) is 0 Å². The predicted molar refractivity (Wildman–Crippen MR) is 120 cm³/mol. The molecule has 1 aliphatic heterocycles. The van der Waals surface area contributed by atoms with E-state index in [0.29, 0.717) is 17.3 Å². The van der Waals surface area contributed by atoms with Crippen LogP contribution in [0.15, 0.2) is 49.1 Å². The molecular formula is C21H20N6O4S. The second-order valence-electron chi connectivity index (χ2n) is 7.38. The molecule has 32 heavy (non-hydrogen) atoms. The van der Waals surface area contributed by atoms with Crippen LogP contribution in [-0.2, 0) is 4.79 Å². The molecule has 0 bridgehead atoms. The minimum Gasteiger partial charge on any atom is -0.324 e. The van der Waals surface area contributed by atoms with E-state index < -0.39 is 16.9 Å². The lowest BCUT2D eigenvalue weighted by Crippen LogP contribution is -2.44. The molecule has 1 atom stereocenters. The van der Waals surface area contributed by atoms with Crippen LogP contribution in [0.2, 0.25) is 0 Å². The molecule has 3 aromatic rings. The van der Waals surface area contributed by atoms with Crippen LogP contribution in [0.5, 0.6) is 0 Å². The van der Waals surface area contributed by atoms with Gasteiger partial charge in [0.25, 0.3) is 11.6 Å². The van der Waals surface area contributed by atoms with Gasteiger partial charge in [-0.15, -0.1) is 11.8 Å². The van der Waals surface area contributed by atoms with Crippen LogP contribution in [0, 0.1) is 24.0 Å². The minimum atomic E-state index is -0.678. The molecule has 1 aromatic heterocycles. The molecule has 164 valence electrons. The fourth-order valence-electron chi connectivity index (χ4n) is 3.40. The third kappa shape index (κ3) is 4.19. The van der Waals surface area contributed by atoms with Crippen LogP contribution < -0.4 is 5.32 Å². The van der Waals surface area contributed by atoms with Crippen molar-refractivity contribution in [2.24, 2.45) is 0 Å². The van der Waals surface area contributed by atoms with Crippen LogP contribution in [0.25, 0.3) is 5.69 Å². The van der Waals surface area contributed by atoms with E-state index in [2.05, 4.69) is 15.4 Å². The highest BCUT2D eigenvalue weighted by atomic mass is 32.2. The van der Waals surface area contributed by atoms with Gasteiger partial charge < -0.3 is 10.2 Å². The van der Waals surface area contributed by atoms with E-state index in [0.717, 1.165) is 11.1 Å². The number of nitro groups is 1. The van der Waals surface area contributed by atoms with Gasteiger partial charge in [-0.05, 0) is 49.2 Å². The Labute approximate surface area is 187 Å². The summed E-state index contributed by atoms with van der Waals surface area (Å²) in [5.74, 6) is 0.0353. The van der Waals surface area contributed by atoms with Gasteiger partial charge in [0.05, 0.1) is 10.8 Å². The van der Waals surface area contributed by atoms with Crippen molar-refractivity contribution in [3.63, 3.8) is 0 Å². The Kier molecular flexibility index (Phi) is 5.91. The SMILES string of the molecule is Cc1ccc(NC(=O)C2CSCN2C(=O)c2ccc(-n3cncn3)c([N+](=O)[O-])c2)cc1C. The molecule has 1 fully saturated rings. The zero-order chi connectivity index (χ0) is 22.8. The van der Waals surface area contributed by atoms with Crippen LogP contribution in [0.1, 0.15) is 21.5 Å². The number of rotatable bonds is 5. The smallest absolute Gasteiger partial charge is 0.295 e. The normalized spacial score (nSPS) is 15.6. The highest BCUT2D eigenvalue weighted by Crippen LogP contribution is 2.28. The number of hydrogen-bond acceptors (Lipinski definition) is 7. The van der Waals surface area contributed by atoms with Gasteiger partial charge in [-0.1, -0.05) is 6.07 Å². The van der Waals surface area contributed by atoms with E-state index in [-0.39, 0.29) is 22.8 Å². The molecule has 1 unspecified atom stereocenters. The van der Waals surface area contributed by atoms with Crippen LogP contribution in [-0.4, -0.2) is 54.1 Å². The van der Waals surface area contributed by atoms with Gasteiger partial charge in [-0.25, -0.2) is 9.67 Å². The van der Waals surface area contributed by atoms with E-state index in [1.165, 1.54) is 52.2 Å². The molecular weight excluding hydrogens is 432 g/mol. The number of benzene rings is 2. The Morgan fingerprint density at radius 1 is 1.19 bits per heavy atom. The number of carbonyl (C=O) groups excluding carboxylic acids is 2. The first kappa shape index (κ1) is 21.5. The van der Waals surface area contributed by atoms with Gasteiger partial charge in [0.1, 0.15) is 24.4 Å². The van der Waals surface area contributed by atoms with Gasteiger partial charge in [-0.3, -0.25) is 19.7 Å². The first-order valence-corrected chi connectivity index (χ1v) is 10.9. The summed E-state index contributed by atoms with van der Waals surface area (Å²) in [5.41, 5.74) is 2.89. The molecule has 0 spiro atoms. The van der Waals surface area contributed by atoms with E-state index in [9.17, 15) is 19.7 Å². The number of carbonyl (C=O) groups is 2. The summed E-state index contributed by atoms with van der Waals surface area (Å²) >= 11 is 1.46. The van der Waals surface area contributed by atoms with Crippen molar-refractivity contribution in [3.05, 3.63) is 75.9 Å². The fourth-order valence-corrected chi connectivity index (χ4v) is 4.55. The zero-order valence-corrected chi connectivity index (χ0v) is 18.2. The summed E-state index contributed by atoms with van der Waals surface area (Å²) < 4.78 is 1.26. The number of thioether (sulfide) groups is 1. The summed E-state index contributed by atoms with van der Waals surface area (Å²) in [6.45, 7) is 3.95. The molecule has 1 saturated heterocycles. The highest BCUT2D eigenvalue weighted by Gasteiger charge is 2.36. The van der Waals surface area contributed by atoms with Gasteiger partial charge in [0.15, 0.2) is 0 Å². The van der Waals surface area contributed by atoms with Crippen molar-refractivity contribution in [3.8, 4) is 5.69 Å². The van der Waals surface area contributed by atoms with Crippen molar-refractivity contribution in [2.75, 3.05) is 16.9 Å². The first-order valence-electron chi connectivity index (χ1n) is 9.75.